The van der Waals surface area contributed by atoms with Gasteiger partial charge in [-0.15, -0.1) is 0 Å². The second kappa shape index (κ2) is 5.89. The van der Waals surface area contributed by atoms with E-state index >= 15 is 0 Å². The summed E-state index contributed by atoms with van der Waals surface area (Å²) in [4.78, 5) is 7.93. The number of hydrogen-bond acceptors (Lipinski definition) is 5. The van der Waals surface area contributed by atoms with E-state index in [2.05, 4.69) is 29.0 Å². The molecular formula is C10H16N4O2. The summed E-state index contributed by atoms with van der Waals surface area (Å²) in [6, 6.07) is 0. The molecule has 0 amide bonds. The molecule has 0 saturated heterocycles. The average Bonchev–Trinajstić information content (AvgIpc) is 2.28. The highest BCUT2D eigenvalue weighted by atomic mass is 16.5. The van der Waals surface area contributed by atoms with E-state index in [9.17, 15) is 0 Å². The molecule has 0 fully saturated rings. The Labute approximate surface area is 94.2 Å². The molecule has 1 rings (SSSR count). The van der Waals surface area contributed by atoms with Crippen LogP contribution in [0.25, 0.3) is 0 Å². The number of ether oxygens (including phenoxy) is 1. The molecule has 1 aromatic rings. The first kappa shape index (κ1) is 12.2. The lowest BCUT2D eigenvalue weighted by molar-refractivity contribution is 0.278. The van der Waals surface area contributed by atoms with Crippen LogP contribution < -0.4 is 10.5 Å². The molecule has 0 aliphatic heterocycles. The Morgan fingerprint density at radius 1 is 1.50 bits per heavy atom. The normalized spacial score (nSPS) is 11.8. The van der Waals surface area contributed by atoms with E-state index in [1.807, 2.05) is 0 Å². The van der Waals surface area contributed by atoms with Crippen LogP contribution in [0.15, 0.2) is 17.5 Å². The molecule has 0 bridgehead atoms. The number of nitrogens with zero attached hydrogens (tertiary/aromatic N) is 3. The van der Waals surface area contributed by atoms with Crippen LogP contribution in [0, 0.1) is 5.92 Å². The Hall–Kier alpha value is -1.85. The van der Waals surface area contributed by atoms with E-state index in [0.717, 1.165) is 6.42 Å². The van der Waals surface area contributed by atoms with Crippen LogP contribution in [0.4, 0.5) is 0 Å². The third-order valence-corrected chi connectivity index (χ3v) is 1.94. The van der Waals surface area contributed by atoms with Crippen LogP contribution in [-0.2, 0) is 0 Å². The Morgan fingerprint density at radius 3 is 2.75 bits per heavy atom. The first-order valence-corrected chi connectivity index (χ1v) is 5.06. The summed E-state index contributed by atoms with van der Waals surface area (Å²) in [6.45, 7) is 4.85. The van der Waals surface area contributed by atoms with E-state index in [4.69, 9.17) is 15.7 Å². The zero-order valence-corrected chi connectivity index (χ0v) is 9.42. The van der Waals surface area contributed by atoms with E-state index in [-0.39, 0.29) is 5.84 Å². The van der Waals surface area contributed by atoms with Gasteiger partial charge in [-0.3, -0.25) is 0 Å². The zero-order valence-electron chi connectivity index (χ0n) is 9.42. The van der Waals surface area contributed by atoms with Crippen molar-refractivity contribution in [2.45, 2.75) is 20.3 Å². The van der Waals surface area contributed by atoms with Crippen molar-refractivity contribution in [3.8, 4) is 5.88 Å². The minimum atomic E-state index is -0.0683. The molecular weight excluding hydrogens is 208 g/mol. The minimum Gasteiger partial charge on any atom is -0.477 e. The molecule has 0 unspecified atom stereocenters. The number of oxime groups is 1. The van der Waals surface area contributed by atoms with Crippen molar-refractivity contribution in [2.24, 2.45) is 16.8 Å². The Bertz CT molecular complexity index is 348. The van der Waals surface area contributed by atoms with E-state index in [0.29, 0.717) is 24.1 Å². The van der Waals surface area contributed by atoms with E-state index in [1.165, 1.54) is 12.4 Å². The second-order valence-electron chi connectivity index (χ2n) is 3.76. The minimum absolute atomic E-state index is 0.0683. The maximum Gasteiger partial charge on any atom is 0.232 e. The summed E-state index contributed by atoms with van der Waals surface area (Å²) >= 11 is 0. The Kier molecular flexibility index (Phi) is 4.50. The standard InChI is InChI=1S/C10H16N4O2/c1-7(2)3-4-16-9-6-12-8(5-13-9)10(11)14-15/h5-7,15H,3-4H2,1-2H3,(H2,11,14). The largest absolute Gasteiger partial charge is 0.477 e. The third-order valence-electron chi connectivity index (χ3n) is 1.94. The molecule has 88 valence electrons. The van der Waals surface area contributed by atoms with Gasteiger partial charge in [-0.05, 0) is 12.3 Å². The van der Waals surface area contributed by atoms with Crippen LogP contribution in [0.1, 0.15) is 26.0 Å². The van der Waals surface area contributed by atoms with Gasteiger partial charge in [0.25, 0.3) is 0 Å². The zero-order chi connectivity index (χ0) is 12.0. The third kappa shape index (κ3) is 3.72. The van der Waals surface area contributed by atoms with Gasteiger partial charge in [0.2, 0.25) is 5.88 Å². The predicted molar refractivity (Wildman–Crippen MR) is 59.5 cm³/mol. The SMILES string of the molecule is CC(C)CCOc1cnc(C(N)=NO)cn1. The maximum atomic E-state index is 8.42. The molecule has 0 aliphatic carbocycles. The molecule has 0 atom stereocenters. The molecule has 0 aliphatic rings. The second-order valence-corrected chi connectivity index (χ2v) is 3.76. The molecule has 16 heavy (non-hydrogen) atoms. The summed E-state index contributed by atoms with van der Waals surface area (Å²) in [5.41, 5.74) is 5.66. The van der Waals surface area contributed by atoms with E-state index in [1.54, 1.807) is 0 Å². The van der Waals surface area contributed by atoms with Crippen LogP contribution in [0.5, 0.6) is 5.88 Å². The number of rotatable bonds is 5. The smallest absolute Gasteiger partial charge is 0.232 e. The van der Waals surface area contributed by atoms with Crippen LogP contribution in [0.3, 0.4) is 0 Å². The quantitative estimate of drug-likeness (QED) is 0.337. The predicted octanol–water partition coefficient (Wildman–Crippen LogP) is 0.996. The fourth-order valence-corrected chi connectivity index (χ4v) is 0.973. The van der Waals surface area contributed by atoms with Gasteiger partial charge in [-0.25, -0.2) is 9.97 Å². The monoisotopic (exact) mass is 224 g/mol. The Balaban J connectivity index is 2.52. The maximum absolute atomic E-state index is 8.42. The molecule has 0 saturated carbocycles. The highest BCUT2D eigenvalue weighted by molar-refractivity contribution is 5.94. The van der Waals surface area contributed by atoms with Crippen LogP contribution >= 0.6 is 0 Å². The lowest BCUT2D eigenvalue weighted by atomic mass is 10.1. The highest BCUT2D eigenvalue weighted by Crippen LogP contribution is 2.06. The molecule has 3 N–H and O–H groups in total. The van der Waals surface area contributed by atoms with E-state index < -0.39 is 0 Å². The summed E-state index contributed by atoms with van der Waals surface area (Å²) in [5.74, 6) is 0.959. The van der Waals surface area contributed by atoms with Gasteiger partial charge in [0.1, 0.15) is 5.69 Å². The molecule has 1 aromatic heterocycles. The first-order valence-electron chi connectivity index (χ1n) is 5.06. The molecule has 0 spiro atoms. The van der Waals surface area contributed by atoms with Gasteiger partial charge < -0.3 is 15.7 Å². The Morgan fingerprint density at radius 2 is 2.25 bits per heavy atom. The molecule has 0 radical (unpaired) electrons. The molecule has 0 aromatic carbocycles. The van der Waals surface area contributed by atoms with Gasteiger partial charge in [0.15, 0.2) is 5.84 Å². The lowest BCUT2D eigenvalue weighted by Crippen LogP contribution is -2.15. The lowest BCUT2D eigenvalue weighted by Gasteiger charge is -2.06. The summed E-state index contributed by atoms with van der Waals surface area (Å²) < 4.78 is 5.37. The van der Waals surface area contributed by atoms with Crippen molar-refractivity contribution in [2.75, 3.05) is 6.61 Å². The number of amidine groups is 1. The van der Waals surface area contributed by atoms with Gasteiger partial charge in [0, 0.05) is 0 Å². The van der Waals surface area contributed by atoms with Crippen molar-refractivity contribution in [1.29, 1.82) is 0 Å². The van der Waals surface area contributed by atoms with Crippen LogP contribution in [-0.4, -0.2) is 27.6 Å². The van der Waals surface area contributed by atoms with Crippen molar-refractivity contribution in [3.63, 3.8) is 0 Å². The highest BCUT2D eigenvalue weighted by Gasteiger charge is 2.03. The van der Waals surface area contributed by atoms with Crippen molar-refractivity contribution >= 4 is 5.84 Å². The van der Waals surface area contributed by atoms with Gasteiger partial charge in [0.05, 0.1) is 19.0 Å². The van der Waals surface area contributed by atoms with Gasteiger partial charge >= 0.3 is 0 Å². The summed E-state index contributed by atoms with van der Waals surface area (Å²) in [7, 11) is 0. The van der Waals surface area contributed by atoms with Crippen molar-refractivity contribution < 1.29 is 9.94 Å². The first-order chi connectivity index (χ1) is 7.63. The number of hydrogen-bond donors (Lipinski definition) is 2. The average molecular weight is 224 g/mol. The molecule has 1 heterocycles. The number of aromatic nitrogens is 2. The summed E-state index contributed by atoms with van der Waals surface area (Å²) in [5, 5.41) is 11.2. The fraction of sp³-hybridized carbons (Fsp3) is 0.500. The summed E-state index contributed by atoms with van der Waals surface area (Å²) in [6.07, 6.45) is 3.82. The van der Waals surface area contributed by atoms with Crippen molar-refractivity contribution in [1.82, 2.24) is 9.97 Å². The molecule has 6 heteroatoms. The van der Waals surface area contributed by atoms with Crippen molar-refractivity contribution in [3.05, 3.63) is 18.1 Å². The van der Waals surface area contributed by atoms with Gasteiger partial charge in [-0.2, -0.15) is 0 Å². The topological polar surface area (TPSA) is 93.6 Å². The fourth-order valence-electron chi connectivity index (χ4n) is 0.973. The van der Waals surface area contributed by atoms with Crippen LogP contribution in [0.2, 0.25) is 0 Å². The van der Waals surface area contributed by atoms with Gasteiger partial charge in [-0.1, -0.05) is 19.0 Å². The molecule has 6 nitrogen and oxygen atoms in total. The number of nitrogens with two attached hydrogens (primary N) is 1.